The molecule has 6 heteroatoms. The predicted octanol–water partition coefficient (Wildman–Crippen LogP) is 1.97. The van der Waals surface area contributed by atoms with Gasteiger partial charge in [0.2, 0.25) is 0 Å². The third-order valence-corrected chi connectivity index (χ3v) is 4.19. The van der Waals surface area contributed by atoms with Crippen LogP contribution < -0.4 is 10.2 Å². The SMILES string of the molecule is CC(CN1CCN(c2ccccn2)CC1)Nc1ncccc1C#N. The Morgan fingerprint density at radius 3 is 2.62 bits per heavy atom. The first-order chi connectivity index (χ1) is 11.8. The van der Waals surface area contributed by atoms with Crippen molar-refractivity contribution in [1.29, 1.82) is 5.26 Å². The van der Waals surface area contributed by atoms with Gasteiger partial charge in [0.25, 0.3) is 0 Å². The van der Waals surface area contributed by atoms with Crippen LogP contribution in [0, 0.1) is 11.3 Å². The molecule has 1 atom stereocenters. The lowest BCUT2D eigenvalue weighted by molar-refractivity contribution is 0.250. The van der Waals surface area contributed by atoms with Crippen LogP contribution in [0.5, 0.6) is 0 Å². The van der Waals surface area contributed by atoms with Gasteiger partial charge in [-0.05, 0) is 31.2 Å². The summed E-state index contributed by atoms with van der Waals surface area (Å²) in [5.41, 5.74) is 0.587. The van der Waals surface area contributed by atoms with Gasteiger partial charge in [0.15, 0.2) is 0 Å². The molecule has 2 aromatic rings. The van der Waals surface area contributed by atoms with Crippen molar-refractivity contribution < 1.29 is 0 Å². The van der Waals surface area contributed by atoms with Crippen molar-refractivity contribution in [3.05, 3.63) is 48.3 Å². The molecule has 0 bridgehead atoms. The lowest BCUT2D eigenvalue weighted by Gasteiger charge is -2.36. The molecule has 6 nitrogen and oxygen atoms in total. The Bertz CT molecular complexity index is 688. The van der Waals surface area contributed by atoms with Gasteiger partial charge in [-0.1, -0.05) is 6.07 Å². The number of rotatable bonds is 5. The number of aromatic nitrogens is 2. The normalized spacial score (nSPS) is 16.4. The van der Waals surface area contributed by atoms with Gasteiger partial charge in [-0.3, -0.25) is 4.90 Å². The lowest BCUT2D eigenvalue weighted by atomic mass is 10.2. The number of piperazine rings is 1. The Hall–Kier alpha value is -2.65. The smallest absolute Gasteiger partial charge is 0.144 e. The standard InChI is InChI=1S/C18H22N6/c1-15(22-18-16(13-19)5-4-8-21-18)14-23-9-11-24(12-10-23)17-6-2-3-7-20-17/h2-8,15H,9-12,14H2,1H3,(H,21,22). The fourth-order valence-electron chi connectivity index (χ4n) is 2.98. The van der Waals surface area contributed by atoms with Crippen molar-refractivity contribution in [1.82, 2.24) is 14.9 Å². The average molecular weight is 322 g/mol. The highest BCUT2D eigenvalue weighted by Gasteiger charge is 2.19. The summed E-state index contributed by atoms with van der Waals surface area (Å²) in [6.07, 6.45) is 3.55. The van der Waals surface area contributed by atoms with E-state index in [0.717, 1.165) is 38.5 Å². The van der Waals surface area contributed by atoms with Crippen molar-refractivity contribution in [3.8, 4) is 6.07 Å². The third kappa shape index (κ3) is 4.00. The second kappa shape index (κ2) is 7.75. The highest BCUT2D eigenvalue weighted by molar-refractivity contribution is 5.51. The number of pyridine rings is 2. The predicted molar refractivity (Wildman–Crippen MR) is 94.9 cm³/mol. The molecule has 0 radical (unpaired) electrons. The zero-order valence-corrected chi connectivity index (χ0v) is 13.9. The maximum Gasteiger partial charge on any atom is 0.144 e. The van der Waals surface area contributed by atoms with Crippen molar-refractivity contribution in [2.24, 2.45) is 0 Å². The minimum atomic E-state index is 0.230. The molecular formula is C18H22N6. The summed E-state index contributed by atoms with van der Waals surface area (Å²) in [4.78, 5) is 13.4. The van der Waals surface area contributed by atoms with Crippen molar-refractivity contribution in [3.63, 3.8) is 0 Å². The van der Waals surface area contributed by atoms with Gasteiger partial charge in [-0.25, -0.2) is 9.97 Å². The summed E-state index contributed by atoms with van der Waals surface area (Å²) in [5, 5.41) is 12.5. The highest BCUT2D eigenvalue weighted by Crippen LogP contribution is 2.14. The molecule has 1 saturated heterocycles. The number of hydrogen-bond acceptors (Lipinski definition) is 6. The first-order valence-corrected chi connectivity index (χ1v) is 8.26. The first-order valence-electron chi connectivity index (χ1n) is 8.26. The minimum absolute atomic E-state index is 0.230. The zero-order chi connectivity index (χ0) is 16.8. The molecule has 3 heterocycles. The first kappa shape index (κ1) is 16.2. The number of nitrogens with one attached hydrogen (secondary N) is 1. The third-order valence-electron chi connectivity index (χ3n) is 4.19. The maximum atomic E-state index is 9.14. The van der Waals surface area contributed by atoms with E-state index in [9.17, 15) is 0 Å². The molecule has 1 N–H and O–H groups in total. The van der Waals surface area contributed by atoms with E-state index in [0.29, 0.717) is 11.4 Å². The molecule has 0 spiro atoms. The number of nitrogens with zero attached hydrogens (tertiary/aromatic N) is 5. The Labute approximate surface area is 142 Å². The van der Waals surface area contributed by atoms with Crippen LogP contribution >= 0.6 is 0 Å². The van der Waals surface area contributed by atoms with Crippen LogP contribution in [0.3, 0.4) is 0 Å². The summed E-state index contributed by atoms with van der Waals surface area (Å²) in [7, 11) is 0. The Kier molecular flexibility index (Phi) is 5.24. The van der Waals surface area contributed by atoms with E-state index in [2.05, 4.69) is 44.1 Å². The molecule has 0 saturated carbocycles. The Morgan fingerprint density at radius 1 is 1.12 bits per heavy atom. The van der Waals surface area contributed by atoms with Gasteiger partial charge < -0.3 is 10.2 Å². The van der Waals surface area contributed by atoms with Crippen LogP contribution in [-0.4, -0.2) is 53.6 Å². The van der Waals surface area contributed by atoms with Gasteiger partial charge in [-0.2, -0.15) is 5.26 Å². The van der Waals surface area contributed by atoms with Gasteiger partial charge >= 0.3 is 0 Å². The molecule has 0 aromatic carbocycles. The second-order valence-corrected chi connectivity index (χ2v) is 6.03. The van der Waals surface area contributed by atoms with Crippen LogP contribution in [0.25, 0.3) is 0 Å². The largest absolute Gasteiger partial charge is 0.365 e. The second-order valence-electron chi connectivity index (χ2n) is 6.03. The van der Waals surface area contributed by atoms with Crippen LogP contribution in [0.1, 0.15) is 12.5 Å². The molecule has 2 aromatic heterocycles. The van der Waals surface area contributed by atoms with Crippen LogP contribution in [-0.2, 0) is 0 Å². The summed E-state index contributed by atoms with van der Waals surface area (Å²) < 4.78 is 0. The number of nitriles is 1. The van der Waals surface area contributed by atoms with E-state index in [-0.39, 0.29) is 6.04 Å². The topological polar surface area (TPSA) is 68.1 Å². The Balaban J connectivity index is 1.50. The quantitative estimate of drug-likeness (QED) is 0.908. The van der Waals surface area contributed by atoms with E-state index in [1.165, 1.54) is 0 Å². The molecule has 3 rings (SSSR count). The minimum Gasteiger partial charge on any atom is -0.365 e. The van der Waals surface area contributed by atoms with E-state index >= 15 is 0 Å². The highest BCUT2D eigenvalue weighted by atomic mass is 15.3. The molecule has 0 aliphatic carbocycles. The molecule has 24 heavy (non-hydrogen) atoms. The van der Waals surface area contributed by atoms with E-state index in [1.54, 1.807) is 18.3 Å². The summed E-state index contributed by atoms with van der Waals surface area (Å²) in [6.45, 7) is 7.04. The van der Waals surface area contributed by atoms with Crippen molar-refractivity contribution >= 4 is 11.6 Å². The molecule has 1 fully saturated rings. The van der Waals surface area contributed by atoms with Crippen LogP contribution in [0.15, 0.2) is 42.7 Å². The van der Waals surface area contributed by atoms with Gasteiger partial charge in [0.1, 0.15) is 17.7 Å². The van der Waals surface area contributed by atoms with E-state index in [1.807, 2.05) is 18.3 Å². The average Bonchev–Trinajstić information content (AvgIpc) is 2.63. The summed E-state index contributed by atoms with van der Waals surface area (Å²) >= 11 is 0. The molecular weight excluding hydrogens is 300 g/mol. The van der Waals surface area contributed by atoms with Crippen molar-refractivity contribution in [2.75, 3.05) is 42.9 Å². The van der Waals surface area contributed by atoms with Crippen LogP contribution in [0.2, 0.25) is 0 Å². The molecule has 124 valence electrons. The maximum absolute atomic E-state index is 9.14. The van der Waals surface area contributed by atoms with E-state index in [4.69, 9.17) is 5.26 Å². The molecule has 1 aliphatic rings. The fourth-order valence-corrected chi connectivity index (χ4v) is 2.98. The number of hydrogen-bond donors (Lipinski definition) is 1. The lowest BCUT2D eigenvalue weighted by Crippen LogP contribution is -2.49. The Morgan fingerprint density at radius 2 is 1.92 bits per heavy atom. The fraction of sp³-hybridized carbons (Fsp3) is 0.389. The monoisotopic (exact) mass is 322 g/mol. The summed E-state index contributed by atoms with van der Waals surface area (Å²) in [5.74, 6) is 1.72. The van der Waals surface area contributed by atoms with Crippen molar-refractivity contribution in [2.45, 2.75) is 13.0 Å². The zero-order valence-electron chi connectivity index (χ0n) is 13.9. The molecule has 1 unspecified atom stereocenters. The molecule has 1 aliphatic heterocycles. The van der Waals surface area contributed by atoms with E-state index < -0.39 is 0 Å². The molecule has 0 amide bonds. The van der Waals surface area contributed by atoms with Gasteiger partial charge in [-0.15, -0.1) is 0 Å². The summed E-state index contributed by atoms with van der Waals surface area (Å²) in [6, 6.07) is 12.0. The van der Waals surface area contributed by atoms with Gasteiger partial charge in [0.05, 0.1) is 5.56 Å². The number of anilines is 2. The van der Waals surface area contributed by atoms with Crippen LogP contribution in [0.4, 0.5) is 11.6 Å². The van der Waals surface area contributed by atoms with Gasteiger partial charge in [0, 0.05) is 51.2 Å².